The van der Waals surface area contributed by atoms with Gasteiger partial charge in [-0.3, -0.25) is 0 Å². The van der Waals surface area contributed by atoms with Crippen LogP contribution in [0.1, 0.15) is 18.4 Å². The maximum absolute atomic E-state index is 10.2. The number of rotatable bonds is 4. The van der Waals surface area contributed by atoms with E-state index in [4.69, 9.17) is 25.8 Å². The van der Waals surface area contributed by atoms with Crippen molar-refractivity contribution in [1.82, 2.24) is 0 Å². The topological polar surface area (TPSA) is 47.9 Å². The van der Waals surface area contributed by atoms with E-state index in [-0.39, 0.29) is 0 Å². The van der Waals surface area contributed by atoms with Gasteiger partial charge in [-0.1, -0.05) is 11.6 Å². The fraction of sp³-hybridized carbons (Fsp3) is 0.500. The van der Waals surface area contributed by atoms with Crippen LogP contribution in [0.25, 0.3) is 0 Å². The summed E-state index contributed by atoms with van der Waals surface area (Å²) in [6, 6.07) is 1.63. The molecule has 1 saturated carbocycles. The van der Waals surface area contributed by atoms with Gasteiger partial charge in [0, 0.05) is 11.6 Å². The lowest BCUT2D eigenvalue weighted by Gasteiger charge is -2.20. The summed E-state index contributed by atoms with van der Waals surface area (Å²) in [7, 11) is 4.57. The van der Waals surface area contributed by atoms with E-state index in [1.165, 1.54) is 21.3 Å². The molecule has 1 aromatic rings. The highest BCUT2D eigenvalue weighted by Gasteiger charge is 2.47. The van der Waals surface area contributed by atoms with Gasteiger partial charge in [-0.2, -0.15) is 0 Å². The smallest absolute Gasteiger partial charge is 0.203 e. The molecule has 5 heteroatoms. The summed E-state index contributed by atoms with van der Waals surface area (Å²) in [5.74, 6) is 1.38. The predicted octanol–water partition coefficient (Wildman–Crippen LogP) is 2.35. The van der Waals surface area contributed by atoms with Crippen LogP contribution in [0.4, 0.5) is 0 Å². The molecule has 0 heterocycles. The zero-order chi connectivity index (χ0) is 12.6. The Morgan fingerprint density at radius 2 is 1.71 bits per heavy atom. The van der Waals surface area contributed by atoms with Crippen LogP contribution in [-0.2, 0) is 5.60 Å². The second kappa shape index (κ2) is 4.27. The van der Waals surface area contributed by atoms with Crippen molar-refractivity contribution in [3.8, 4) is 17.2 Å². The summed E-state index contributed by atoms with van der Waals surface area (Å²) in [4.78, 5) is 0. The van der Waals surface area contributed by atoms with Crippen LogP contribution in [0.5, 0.6) is 17.2 Å². The molecule has 1 N–H and O–H groups in total. The van der Waals surface area contributed by atoms with E-state index >= 15 is 0 Å². The predicted molar refractivity (Wildman–Crippen MR) is 64.2 cm³/mol. The number of methoxy groups -OCH3 is 3. The van der Waals surface area contributed by atoms with Crippen molar-refractivity contribution in [3.63, 3.8) is 0 Å². The third-order valence-corrected chi connectivity index (χ3v) is 3.27. The van der Waals surface area contributed by atoms with Crippen LogP contribution in [0, 0.1) is 0 Å². The minimum Gasteiger partial charge on any atom is -0.493 e. The Morgan fingerprint density at radius 1 is 1.12 bits per heavy atom. The first-order valence-electron chi connectivity index (χ1n) is 5.28. The number of aliphatic hydroxyl groups is 1. The van der Waals surface area contributed by atoms with Gasteiger partial charge in [0.2, 0.25) is 5.75 Å². The second-order valence-electron chi connectivity index (χ2n) is 4.03. The number of benzene rings is 1. The molecule has 94 valence electrons. The summed E-state index contributed by atoms with van der Waals surface area (Å²) in [5.41, 5.74) is -0.304. The molecule has 1 fully saturated rings. The van der Waals surface area contributed by atoms with E-state index in [2.05, 4.69) is 0 Å². The van der Waals surface area contributed by atoms with E-state index in [0.717, 1.165) is 0 Å². The lowest BCUT2D eigenvalue weighted by atomic mass is 10.0. The number of hydrogen-bond donors (Lipinski definition) is 1. The van der Waals surface area contributed by atoms with E-state index in [0.29, 0.717) is 40.7 Å². The minimum atomic E-state index is -0.887. The lowest BCUT2D eigenvalue weighted by molar-refractivity contribution is 0.146. The van der Waals surface area contributed by atoms with E-state index < -0.39 is 5.60 Å². The van der Waals surface area contributed by atoms with Crippen LogP contribution < -0.4 is 14.2 Å². The summed E-state index contributed by atoms with van der Waals surface area (Å²) in [6.45, 7) is 0. The van der Waals surface area contributed by atoms with Gasteiger partial charge < -0.3 is 19.3 Å². The van der Waals surface area contributed by atoms with E-state index in [9.17, 15) is 5.11 Å². The Labute approximate surface area is 105 Å². The van der Waals surface area contributed by atoms with Crippen molar-refractivity contribution in [3.05, 3.63) is 16.7 Å². The summed E-state index contributed by atoms with van der Waals surface area (Å²) >= 11 is 6.17. The molecule has 0 aromatic heterocycles. The first-order valence-corrected chi connectivity index (χ1v) is 5.66. The van der Waals surface area contributed by atoms with Gasteiger partial charge in [-0.25, -0.2) is 0 Å². The minimum absolute atomic E-state index is 0.430. The van der Waals surface area contributed by atoms with Gasteiger partial charge in [0.25, 0.3) is 0 Å². The average Bonchev–Trinajstić information content (AvgIpc) is 3.06. The monoisotopic (exact) mass is 258 g/mol. The molecule has 2 rings (SSSR count). The molecule has 4 nitrogen and oxygen atoms in total. The highest BCUT2D eigenvalue weighted by atomic mass is 35.5. The molecule has 1 aliphatic carbocycles. The molecule has 17 heavy (non-hydrogen) atoms. The Balaban J connectivity index is 2.66. The number of ether oxygens (including phenoxy) is 3. The molecule has 0 unspecified atom stereocenters. The fourth-order valence-electron chi connectivity index (χ4n) is 1.93. The maximum Gasteiger partial charge on any atom is 0.203 e. The SMILES string of the molecule is COc1cc(Cl)c(C2(O)CC2)c(OC)c1OC. The normalized spacial score (nSPS) is 16.5. The number of hydrogen-bond acceptors (Lipinski definition) is 4. The lowest BCUT2D eigenvalue weighted by Crippen LogP contribution is -2.09. The largest absolute Gasteiger partial charge is 0.493 e. The average molecular weight is 259 g/mol. The molecule has 0 radical (unpaired) electrons. The van der Waals surface area contributed by atoms with Crippen molar-refractivity contribution in [1.29, 1.82) is 0 Å². The first kappa shape index (κ1) is 12.3. The molecule has 1 aromatic carbocycles. The molecule has 0 aliphatic heterocycles. The van der Waals surface area contributed by atoms with Crippen LogP contribution in [0.3, 0.4) is 0 Å². The van der Waals surface area contributed by atoms with Crippen LogP contribution >= 0.6 is 11.6 Å². The van der Waals surface area contributed by atoms with Crippen molar-refractivity contribution >= 4 is 11.6 Å². The molecule has 0 amide bonds. The third kappa shape index (κ3) is 1.91. The molecular formula is C12H15ClO4. The first-order chi connectivity index (χ1) is 8.07. The fourth-order valence-corrected chi connectivity index (χ4v) is 2.29. The Morgan fingerprint density at radius 3 is 2.12 bits per heavy atom. The standard InChI is InChI=1S/C12H15ClO4/c1-15-8-6-7(13)9(12(14)4-5-12)11(17-3)10(8)16-2/h6,14H,4-5H2,1-3H3. The Hall–Kier alpha value is -1.13. The van der Waals surface area contributed by atoms with Crippen molar-refractivity contribution in [2.45, 2.75) is 18.4 Å². The summed E-state index contributed by atoms with van der Waals surface area (Å²) < 4.78 is 15.7. The molecule has 0 saturated heterocycles. The zero-order valence-electron chi connectivity index (χ0n) is 10.0. The highest BCUT2D eigenvalue weighted by Crippen LogP contribution is 2.56. The Bertz CT molecular complexity index is 441. The maximum atomic E-state index is 10.2. The van der Waals surface area contributed by atoms with Crippen LogP contribution in [0.2, 0.25) is 5.02 Å². The van der Waals surface area contributed by atoms with Gasteiger partial charge in [-0.15, -0.1) is 0 Å². The quantitative estimate of drug-likeness (QED) is 0.901. The Kier molecular flexibility index (Phi) is 3.10. The second-order valence-corrected chi connectivity index (χ2v) is 4.44. The molecule has 0 bridgehead atoms. The number of halogens is 1. The van der Waals surface area contributed by atoms with Gasteiger partial charge in [0.05, 0.1) is 32.0 Å². The van der Waals surface area contributed by atoms with E-state index in [1.807, 2.05) is 0 Å². The van der Waals surface area contributed by atoms with E-state index in [1.54, 1.807) is 6.07 Å². The summed E-state index contributed by atoms with van der Waals surface area (Å²) in [6.07, 6.45) is 1.36. The van der Waals surface area contributed by atoms with Crippen molar-refractivity contribution < 1.29 is 19.3 Å². The van der Waals surface area contributed by atoms with Gasteiger partial charge in [-0.05, 0) is 12.8 Å². The molecular weight excluding hydrogens is 244 g/mol. The molecule has 0 spiro atoms. The molecule has 1 aliphatic rings. The van der Waals surface area contributed by atoms with Gasteiger partial charge in [0.15, 0.2) is 11.5 Å². The summed E-state index contributed by atoms with van der Waals surface area (Å²) in [5, 5.41) is 10.6. The van der Waals surface area contributed by atoms with Gasteiger partial charge in [0.1, 0.15) is 0 Å². The highest BCUT2D eigenvalue weighted by molar-refractivity contribution is 6.32. The molecule has 0 atom stereocenters. The van der Waals surface area contributed by atoms with Crippen LogP contribution in [-0.4, -0.2) is 26.4 Å². The zero-order valence-corrected chi connectivity index (χ0v) is 10.8. The van der Waals surface area contributed by atoms with Crippen LogP contribution in [0.15, 0.2) is 6.07 Å². The van der Waals surface area contributed by atoms with Gasteiger partial charge >= 0.3 is 0 Å². The van der Waals surface area contributed by atoms with Crippen molar-refractivity contribution in [2.24, 2.45) is 0 Å². The van der Waals surface area contributed by atoms with Crippen molar-refractivity contribution in [2.75, 3.05) is 21.3 Å². The third-order valence-electron chi connectivity index (χ3n) is 2.97.